The maximum absolute atomic E-state index is 13.3. The lowest BCUT2D eigenvalue weighted by Gasteiger charge is -2.11. The second-order valence-corrected chi connectivity index (χ2v) is 10.1. The number of furan rings is 1. The summed E-state index contributed by atoms with van der Waals surface area (Å²) in [6, 6.07) is 30.4. The molecule has 3 amide bonds. The van der Waals surface area contributed by atoms with E-state index in [1.54, 1.807) is 79.7 Å². The fourth-order valence-electron chi connectivity index (χ4n) is 3.86. The van der Waals surface area contributed by atoms with Crippen molar-refractivity contribution in [2.24, 2.45) is 0 Å². The first-order valence-electron chi connectivity index (χ1n) is 12.9. The number of aryl methyl sites for hydroxylation is 1. The summed E-state index contributed by atoms with van der Waals surface area (Å²) >= 11 is 1.33. The van der Waals surface area contributed by atoms with Crippen LogP contribution in [0.2, 0.25) is 0 Å². The minimum absolute atomic E-state index is 0.0102. The van der Waals surface area contributed by atoms with Crippen molar-refractivity contribution in [2.75, 3.05) is 16.4 Å². The molecule has 0 aliphatic carbocycles. The molecule has 3 aromatic carbocycles. The van der Waals surface area contributed by atoms with Crippen molar-refractivity contribution in [3.63, 3.8) is 0 Å². The van der Waals surface area contributed by atoms with Crippen LogP contribution in [0.3, 0.4) is 0 Å². The van der Waals surface area contributed by atoms with E-state index in [0.717, 1.165) is 10.5 Å². The quantitative estimate of drug-likeness (QED) is 0.130. The van der Waals surface area contributed by atoms with Gasteiger partial charge in [0.05, 0.1) is 5.75 Å². The van der Waals surface area contributed by atoms with Crippen molar-refractivity contribution in [1.29, 1.82) is 0 Å². The molecule has 2 heterocycles. The van der Waals surface area contributed by atoms with Gasteiger partial charge in [0.2, 0.25) is 5.91 Å². The van der Waals surface area contributed by atoms with Crippen molar-refractivity contribution in [3.05, 3.63) is 126 Å². The molecule has 0 bridgehead atoms. The van der Waals surface area contributed by atoms with Crippen LogP contribution in [-0.2, 0) is 9.59 Å². The highest BCUT2D eigenvalue weighted by molar-refractivity contribution is 8.00. The SMILES string of the molecule is Cc1cc(NC(=O)CSc2ccc(NC(=O)/C(=C/c3ccc(-c4ccccc4)o3)NC(=O)c3ccccc3)cc2)no1. The van der Waals surface area contributed by atoms with Crippen LogP contribution in [0.25, 0.3) is 17.4 Å². The number of nitrogens with zero attached hydrogens (tertiary/aromatic N) is 1. The molecule has 5 rings (SSSR count). The number of benzene rings is 3. The maximum atomic E-state index is 13.3. The molecule has 0 aliphatic heterocycles. The van der Waals surface area contributed by atoms with E-state index in [1.807, 2.05) is 30.3 Å². The van der Waals surface area contributed by atoms with Gasteiger partial charge in [-0.3, -0.25) is 14.4 Å². The standard InChI is InChI=1S/C32H26N4O5S/c1-21-18-29(36-41-21)35-30(37)20-42-26-15-12-24(13-16-26)33-32(39)27(34-31(38)23-10-6-3-7-11-23)19-25-14-17-28(40-25)22-8-4-2-5-9-22/h2-19H,20H2,1H3,(H,33,39)(H,34,38)(H,35,36,37)/b27-19-. The molecule has 0 saturated heterocycles. The molecule has 42 heavy (non-hydrogen) atoms. The first-order valence-corrected chi connectivity index (χ1v) is 13.9. The number of hydrogen-bond acceptors (Lipinski definition) is 7. The lowest BCUT2D eigenvalue weighted by atomic mass is 10.2. The normalized spacial score (nSPS) is 11.1. The molecule has 0 radical (unpaired) electrons. The smallest absolute Gasteiger partial charge is 0.272 e. The van der Waals surface area contributed by atoms with Gasteiger partial charge in [0.15, 0.2) is 5.82 Å². The minimum atomic E-state index is -0.528. The van der Waals surface area contributed by atoms with E-state index < -0.39 is 11.8 Å². The van der Waals surface area contributed by atoms with E-state index in [1.165, 1.54) is 17.8 Å². The molecule has 0 unspecified atom stereocenters. The van der Waals surface area contributed by atoms with Crippen LogP contribution in [0, 0.1) is 6.92 Å². The number of anilines is 2. The highest BCUT2D eigenvalue weighted by Gasteiger charge is 2.16. The number of aromatic nitrogens is 1. The molecule has 10 heteroatoms. The van der Waals surface area contributed by atoms with Crippen LogP contribution in [0.1, 0.15) is 21.9 Å². The molecule has 210 valence electrons. The zero-order valence-corrected chi connectivity index (χ0v) is 23.3. The Morgan fingerprint density at radius 1 is 0.857 bits per heavy atom. The van der Waals surface area contributed by atoms with Gasteiger partial charge in [0, 0.05) is 33.9 Å². The molecule has 0 aliphatic rings. The number of carbonyl (C=O) groups is 3. The molecule has 2 aromatic heterocycles. The number of amides is 3. The van der Waals surface area contributed by atoms with Crippen LogP contribution in [-0.4, -0.2) is 28.6 Å². The number of carbonyl (C=O) groups excluding carboxylic acids is 3. The zero-order valence-electron chi connectivity index (χ0n) is 22.5. The van der Waals surface area contributed by atoms with E-state index in [9.17, 15) is 14.4 Å². The van der Waals surface area contributed by atoms with E-state index >= 15 is 0 Å². The van der Waals surface area contributed by atoms with Crippen molar-refractivity contribution in [3.8, 4) is 11.3 Å². The molecule has 5 aromatic rings. The molecule has 0 spiro atoms. The van der Waals surface area contributed by atoms with Gasteiger partial charge in [-0.05, 0) is 55.5 Å². The summed E-state index contributed by atoms with van der Waals surface area (Å²) < 4.78 is 10.9. The first kappa shape index (κ1) is 28.2. The first-order chi connectivity index (χ1) is 20.4. The Labute approximate surface area is 246 Å². The summed E-state index contributed by atoms with van der Waals surface area (Å²) in [6.07, 6.45) is 1.49. The van der Waals surface area contributed by atoms with Gasteiger partial charge in [-0.25, -0.2) is 0 Å². The Kier molecular flexibility index (Phi) is 8.95. The van der Waals surface area contributed by atoms with E-state index in [4.69, 9.17) is 8.94 Å². The number of thioether (sulfide) groups is 1. The van der Waals surface area contributed by atoms with Crippen LogP contribution < -0.4 is 16.0 Å². The van der Waals surface area contributed by atoms with Crippen molar-refractivity contribution >= 4 is 47.1 Å². The van der Waals surface area contributed by atoms with Crippen molar-refractivity contribution < 1.29 is 23.3 Å². The van der Waals surface area contributed by atoms with Crippen LogP contribution in [0.5, 0.6) is 0 Å². The highest BCUT2D eigenvalue weighted by atomic mass is 32.2. The average Bonchev–Trinajstić information content (AvgIpc) is 3.66. The molecule has 0 fully saturated rings. The van der Waals surface area contributed by atoms with Gasteiger partial charge in [0.1, 0.15) is 23.0 Å². The summed E-state index contributed by atoms with van der Waals surface area (Å²) in [5, 5.41) is 11.9. The Hall–Kier alpha value is -5.35. The van der Waals surface area contributed by atoms with Gasteiger partial charge in [-0.2, -0.15) is 0 Å². The van der Waals surface area contributed by atoms with Gasteiger partial charge in [-0.15, -0.1) is 11.8 Å². The van der Waals surface area contributed by atoms with Gasteiger partial charge in [-0.1, -0.05) is 53.7 Å². The second kappa shape index (κ2) is 13.3. The summed E-state index contributed by atoms with van der Waals surface area (Å²) in [4.78, 5) is 39.3. The highest BCUT2D eigenvalue weighted by Crippen LogP contribution is 2.24. The third-order valence-electron chi connectivity index (χ3n) is 5.88. The average molecular weight is 579 g/mol. The minimum Gasteiger partial charge on any atom is -0.457 e. The third-order valence-corrected chi connectivity index (χ3v) is 6.89. The third kappa shape index (κ3) is 7.64. The van der Waals surface area contributed by atoms with Gasteiger partial charge >= 0.3 is 0 Å². The Morgan fingerprint density at radius 3 is 2.26 bits per heavy atom. The maximum Gasteiger partial charge on any atom is 0.272 e. The fraction of sp³-hybridized carbons (Fsp3) is 0.0625. The largest absolute Gasteiger partial charge is 0.457 e. The summed E-state index contributed by atoms with van der Waals surface area (Å²) in [5.74, 6) is 0.997. The van der Waals surface area contributed by atoms with Crippen molar-refractivity contribution in [2.45, 2.75) is 11.8 Å². The summed E-state index contributed by atoms with van der Waals surface area (Å²) in [6.45, 7) is 1.74. The van der Waals surface area contributed by atoms with Crippen molar-refractivity contribution in [1.82, 2.24) is 10.5 Å². The lowest BCUT2D eigenvalue weighted by Crippen LogP contribution is -2.30. The summed E-state index contributed by atoms with van der Waals surface area (Å²) in [7, 11) is 0. The molecule has 0 atom stereocenters. The molecular formula is C32H26N4O5S. The van der Waals surface area contributed by atoms with E-state index in [2.05, 4.69) is 21.1 Å². The van der Waals surface area contributed by atoms with Gasteiger partial charge < -0.3 is 24.9 Å². The predicted octanol–water partition coefficient (Wildman–Crippen LogP) is 6.38. The topological polar surface area (TPSA) is 126 Å². The molecule has 3 N–H and O–H groups in total. The van der Waals surface area contributed by atoms with E-state index in [-0.39, 0.29) is 17.4 Å². The zero-order chi connectivity index (χ0) is 29.3. The van der Waals surface area contributed by atoms with Gasteiger partial charge in [0.25, 0.3) is 11.8 Å². The predicted molar refractivity (Wildman–Crippen MR) is 162 cm³/mol. The lowest BCUT2D eigenvalue weighted by molar-refractivity contribution is -0.114. The van der Waals surface area contributed by atoms with Crippen LogP contribution in [0.4, 0.5) is 11.5 Å². The molecule has 0 saturated carbocycles. The number of hydrogen-bond donors (Lipinski definition) is 3. The Bertz CT molecular complexity index is 1710. The number of nitrogens with one attached hydrogen (secondary N) is 3. The number of rotatable bonds is 10. The van der Waals surface area contributed by atoms with Crippen LogP contribution in [0.15, 0.2) is 123 Å². The Balaban J connectivity index is 1.27. The monoisotopic (exact) mass is 578 g/mol. The summed E-state index contributed by atoms with van der Waals surface area (Å²) in [5.41, 5.74) is 1.82. The van der Waals surface area contributed by atoms with E-state index in [0.29, 0.717) is 34.3 Å². The second-order valence-electron chi connectivity index (χ2n) is 9.08. The fourth-order valence-corrected chi connectivity index (χ4v) is 4.56. The Morgan fingerprint density at radius 2 is 1.57 bits per heavy atom. The molecular weight excluding hydrogens is 552 g/mol. The van der Waals surface area contributed by atoms with Crippen LogP contribution >= 0.6 is 11.8 Å². The molecule has 9 nitrogen and oxygen atoms in total.